The molecule has 0 aliphatic carbocycles. The lowest BCUT2D eigenvalue weighted by Gasteiger charge is -2.14. The number of ether oxygens (including phenoxy) is 2. The van der Waals surface area contributed by atoms with E-state index in [1.54, 1.807) is 0 Å². The molecule has 0 saturated carbocycles. The molecule has 3 heteroatoms. The van der Waals surface area contributed by atoms with Gasteiger partial charge in [0.15, 0.2) is 0 Å². The summed E-state index contributed by atoms with van der Waals surface area (Å²) in [6.07, 6.45) is 5.09. The first-order valence-corrected chi connectivity index (χ1v) is 6.31. The first kappa shape index (κ1) is 12.9. The molecule has 0 aromatic heterocycles. The summed E-state index contributed by atoms with van der Waals surface area (Å²) in [6, 6.07) is 0. The van der Waals surface area contributed by atoms with E-state index < -0.39 is 0 Å². The fraction of sp³-hybridized carbons (Fsp3) is 1.00. The lowest BCUT2D eigenvalue weighted by molar-refractivity contribution is 0.0398. The third kappa shape index (κ3) is 6.88. The Morgan fingerprint density at radius 1 is 0.933 bits per heavy atom. The van der Waals surface area contributed by atoms with E-state index in [0.29, 0.717) is 0 Å². The molecule has 1 heterocycles. The average Bonchev–Trinajstić information content (AvgIpc) is 2.75. The molecule has 0 aromatic carbocycles. The summed E-state index contributed by atoms with van der Waals surface area (Å²) in [6.45, 7) is 9.03. The van der Waals surface area contributed by atoms with Crippen molar-refractivity contribution >= 4 is 0 Å². The van der Waals surface area contributed by atoms with Crippen molar-refractivity contribution in [3.8, 4) is 0 Å². The molecule has 1 aliphatic rings. The zero-order chi connectivity index (χ0) is 10.8. The van der Waals surface area contributed by atoms with Gasteiger partial charge in [-0.25, -0.2) is 0 Å². The van der Waals surface area contributed by atoms with Gasteiger partial charge in [0.25, 0.3) is 0 Å². The quantitative estimate of drug-likeness (QED) is 0.548. The highest BCUT2D eigenvalue weighted by molar-refractivity contribution is 4.64. The zero-order valence-corrected chi connectivity index (χ0v) is 10.0. The van der Waals surface area contributed by atoms with Crippen LogP contribution < -0.4 is 0 Å². The Morgan fingerprint density at radius 3 is 2.27 bits per heavy atom. The average molecular weight is 215 g/mol. The number of rotatable bonds is 9. The SMILES string of the molecule is CCCCOCCOCCN1CCCC1. The van der Waals surface area contributed by atoms with Crippen LogP contribution in [0.1, 0.15) is 32.6 Å². The highest BCUT2D eigenvalue weighted by Crippen LogP contribution is 2.05. The Morgan fingerprint density at radius 2 is 1.60 bits per heavy atom. The normalized spacial score (nSPS) is 17.4. The van der Waals surface area contributed by atoms with Gasteiger partial charge in [-0.1, -0.05) is 13.3 Å². The Kier molecular flexibility index (Phi) is 7.88. The molecule has 1 saturated heterocycles. The summed E-state index contributed by atoms with van der Waals surface area (Å²) in [7, 11) is 0. The number of nitrogens with zero attached hydrogens (tertiary/aromatic N) is 1. The minimum Gasteiger partial charge on any atom is -0.379 e. The maximum atomic E-state index is 5.51. The standard InChI is InChI=1S/C12H25NO2/c1-2-3-9-14-11-12-15-10-8-13-6-4-5-7-13/h2-12H2,1H3. The fourth-order valence-corrected chi connectivity index (χ4v) is 1.77. The van der Waals surface area contributed by atoms with Crippen molar-refractivity contribution in [1.29, 1.82) is 0 Å². The van der Waals surface area contributed by atoms with Crippen molar-refractivity contribution in [1.82, 2.24) is 4.90 Å². The van der Waals surface area contributed by atoms with Crippen LogP contribution in [-0.4, -0.2) is 51.0 Å². The monoisotopic (exact) mass is 215 g/mol. The minimum atomic E-state index is 0.748. The predicted octanol–water partition coefficient (Wildman–Crippen LogP) is 1.92. The van der Waals surface area contributed by atoms with E-state index in [1.165, 1.54) is 32.4 Å². The van der Waals surface area contributed by atoms with E-state index >= 15 is 0 Å². The second-order valence-electron chi connectivity index (χ2n) is 4.13. The number of hydrogen-bond donors (Lipinski definition) is 0. The molecule has 1 fully saturated rings. The number of hydrogen-bond acceptors (Lipinski definition) is 3. The van der Waals surface area contributed by atoms with Gasteiger partial charge >= 0.3 is 0 Å². The Balaban J connectivity index is 1.73. The van der Waals surface area contributed by atoms with Gasteiger partial charge in [0.2, 0.25) is 0 Å². The van der Waals surface area contributed by atoms with Crippen molar-refractivity contribution in [2.45, 2.75) is 32.6 Å². The van der Waals surface area contributed by atoms with E-state index in [-0.39, 0.29) is 0 Å². The topological polar surface area (TPSA) is 21.7 Å². The summed E-state index contributed by atoms with van der Waals surface area (Å²) in [5.41, 5.74) is 0. The molecule has 1 aliphatic heterocycles. The van der Waals surface area contributed by atoms with Crippen molar-refractivity contribution in [2.75, 3.05) is 46.1 Å². The van der Waals surface area contributed by atoms with Gasteiger partial charge in [0.05, 0.1) is 19.8 Å². The van der Waals surface area contributed by atoms with Gasteiger partial charge in [-0.2, -0.15) is 0 Å². The van der Waals surface area contributed by atoms with E-state index in [1.807, 2.05) is 0 Å². The molecule has 3 nitrogen and oxygen atoms in total. The molecule has 15 heavy (non-hydrogen) atoms. The van der Waals surface area contributed by atoms with Gasteiger partial charge in [-0.3, -0.25) is 0 Å². The molecule has 90 valence electrons. The molecule has 0 atom stereocenters. The Bertz CT molecular complexity index is 136. The Labute approximate surface area is 93.7 Å². The smallest absolute Gasteiger partial charge is 0.0701 e. The number of likely N-dealkylation sites (tertiary alicyclic amines) is 1. The highest BCUT2D eigenvalue weighted by atomic mass is 16.5. The summed E-state index contributed by atoms with van der Waals surface area (Å²) in [4.78, 5) is 2.47. The molecule has 1 rings (SSSR count). The minimum absolute atomic E-state index is 0.748. The van der Waals surface area contributed by atoms with E-state index in [2.05, 4.69) is 11.8 Å². The summed E-state index contributed by atoms with van der Waals surface area (Å²) < 4.78 is 10.9. The maximum absolute atomic E-state index is 5.51. The third-order valence-electron chi connectivity index (χ3n) is 2.76. The summed E-state index contributed by atoms with van der Waals surface area (Å²) in [5.74, 6) is 0. The van der Waals surface area contributed by atoms with Crippen LogP contribution in [0.15, 0.2) is 0 Å². The molecule has 0 aromatic rings. The van der Waals surface area contributed by atoms with Crippen LogP contribution in [-0.2, 0) is 9.47 Å². The molecule has 0 radical (unpaired) electrons. The lowest BCUT2D eigenvalue weighted by atomic mass is 10.4. The molecule has 0 amide bonds. The number of unbranched alkanes of at least 4 members (excludes halogenated alkanes) is 1. The predicted molar refractivity (Wildman–Crippen MR) is 62.2 cm³/mol. The van der Waals surface area contributed by atoms with Crippen molar-refractivity contribution < 1.29 is 9.47 Å². The third-order valence-corrected chi connectivity index (χ3v) is 2.76. The first-order valence-electron chi connectivity index (χ1n) is 6.31. The van der Waals surface area contributed by atoms with Crippen LogP contribution >= 0.6 is 0 Å². The fourth-order valence-electron chi connectivity index (χ4n) is 1.77. The second kappa shape index (κ2) is 9.13. The summed E-state index contributed by atoms with van der Waals surface area (Å²) in [5, 5.41) is 0. The molecule has 0 spiro atoms. The van der Waals surface area contributed by atoms with Crippen molar-refractivity contribution in [3.05, 3.63) is 0 Å². The molecule has 0 bridgehead atoms. The zero-order valence-electron chi connectivity index (χ0n) is 10.0. The largest absolute Gasteiger partial charge is 0.379 e. The van der Waals surface area contributed by atoms with Crippen molar-refractivity contribution in [2.24, 2.45) is 0 Å². The van der Waals surface area contributed by atoms with E-state index in [0.717, 1.165) is 39.4 Å². The summed E-state index contributed by atoms with van der Waals surface area (Å²) >= 11 is 0. The Hall–Kier alpha value is -0.120. The van der Waals surface area contributed by atoms with Crippen LogP contribution in [0.5, 0.6) is 0 Å². The first-order chi connectivity index (χ1) is 7.43. The van der Waals surface area contributed by atoms with Gasteiger partial charge in [0, 0.05) is 13.2 Å². The molecule has 0 unspecified atom stereocenters. The van der Waals surface area contributed by atoms with Crippen LogP contribution in [0, 0.1) is 0 Å². The lowest BCUT2D eigenvalue weighted by Crippen LogP contribution is -2.24. The van der Waals surface area contributed by atoms with Crippen LogP contribution in [0.2, 0.25) is 0 Å². The van der Waals surface area contributed by atoms with Gasteiger partial charge in [-0.15, -0.1) is 0 Å². The second-order valence-corrected chi connectivity index (χ2v) is 4.13. The van der Waals surface area contributed by atoms with Gasteiger partial charge in [0.1, 0.15) is 0 Å². The van der Waals surface area contributed by atoms with Crippen LogP contribution in [0.4, 0.5) is 0 Å². The van der Waals surface area contributed by atoms with Crippen LogP contribution in [0.3, 0.4) is 0 Å². The van der Waals surface area contributed by atoms with Crippen LogP contribution in [0.25, 0.3) is 0 Å². The molecular formula is C12H25NO2. The van der Waals surface area contributed by atoms with E-state index in [9.17, 15) is 0 Å². The van der Waals surface area contributed by atoms with E-state index in [4.69, 9.17) is 9.47 Å². The van der Waals surface area contributed by atoms with Gasteiger partial charge in [-0.05, 0) is 32.4 Å². The highest BCUT2D eigenvalue weighted by Gasteiger charge is 2.09. The molecule has 0 N–H and O–H groups in total. The van der Waals surface area contributed by atoms with Crippen molar-refractivity contribution in [3.63, 3.8) is 0 Å². The van der Waals surface area contributed by atoms with Gasteiger partial charge < -0.3 is 14.4 Å². The maximum Gasteiger partial charge on any atom is 0.0701 e. The molecular weight excluding hydrogens is 190 g/mol.